The summed E-state index contributed by atoms with van der Waals surface area (Å²) in [5.41, 5.74) is 2.87. The summed E-state index contributed by atoms with van der Waals surface area (Å²) >= 11 is 0. The van der Waals surface area contributed by atoms with Crippen LogP contribution in [0.25, 0.3) is 5.76 Å². The molecule has 0 saturated heterocycles. The fourth-order valence-corrected chi connectivity index (χ4v) is 5.80. The Balaban J connectivity index is 2.02. The number of primary amides is 1. The van der Waals surface area contributed by atoms with Gasteiger partial charge in [0.15, 0.2) is 17.1 Å². The standard InChI is InChI=1S/C24H28N4O7/c1-26-12-8-13(27(2)3)10-6-9-7-11-17(28(4)5)20(31)16(23(25)34)22(33)24(11,35)21(32)14(9)19(30)15(10)18(12)29/h8-9,11,17,29-30,33,35H,1,6-7H2,2-5H3,(H2,25,34). The summed E-state index contributed by atoms with van der Waals surface area (Å²) in [7, 11) is 6.66. The molecule has 186 valence electrons. The molecule has 3 aliphatic rings. The molecule has 0 radical (unpaired) electrons. The van der Waals surface area contributed by atoms with Crippen molar-refractivity contribution in [3.63, 3.8) is 0 Å². The molecule has 35 heavy (non-hydrogen) atoms. The first-order chi connectivity index (χ1) is 16.3. The number of hydrogen-bond acceptors (Lipinski definition) is 10. The first-order valence-electron chi connectivity index (χ1n) is 11.0. The van der Waals surface area contributed by atoms with Crippen molar-refractivity contribution in [3.05, 3.63) is 34.1 Å². The number of phenols is 1. The first-order valence-corrected chi connectivity index (χ1v) is 11.0. The minimum Gasteiger partial charge on any atom is -0.508 e. The van der Waals surface area contributed by atoms with Gasteiger partial charge >= 0.3 is 0 Å². The molecule has 3 aliphatic carbocycles. The molecule has 0 spiro atoms. The van der Waals surface area contributed by atoms with E-state index in [-0.39, 0.29) is 35.4 Å². The van der Waals surface area contributed by atoms with Gasteiger partial charge < -0.3 is 31.1 Å². The minimum atomic E-state index is -2.67. The number of amides is 1. The minimum absolute atomic E-state index is 0.0186. The number of aliphatic imine (C=N–C) groups is 1. The van der Waals surface area contributed by atoms with E-state index in [0.29, 0.717) is 11.3 Å². The number of Topliss-reactive ketones (excluding diaryl/α,β-unsaturated/α-hetero) is 2. The number of aromatic hydroxyl groups is 1. The molecule has 4 rings (SSSR count). The van der Waals surface area contributed by atoms with E-state index >= 15 is 0 Å². The second kappa shape index (κ2) is 7.92. The number of carbonyl (C=O) groups excluding carboxylic acids is 3. The van der Waals surface area contributed by atoms with Crippen LogP contribution < -0.4 is 10.6 Å². The molecule has 11 heteroatoms. The molecule has 0 bridgehead atoms. The third kappa shape index (κ3) is 3.11. The molecule has 0 aliphatic heterocycles. The molecular formula is C24H28N4O7. The Morgan fingerprint density at radius 2 is 1.83 bits per heavy atom. The van der Waals surface area contributed by atoms with Crippen molar-refractivity contribution >= 4 is 41.3 Å². The van der Waals surface area contributed by atoms with E-state index in [1.165, 1.54) is 4.90 Å². The molecule has 4 atom stereocenters. The van der Waals surface area contributed by atoms with E-state index in [0.717, 1.165) is 0 Å². The molecule has 1 fully saturated rings. The Hall–Kier alpha value is -3.70. The van der Waals surface area contributed by atoms with Crippen molar-refractivity contribution < 1.29 is 34.8 Å². The average Bonchev–Trinajstić information content (AvgIpc) is 2.75. The number of benzene rings is 1. The predicted molar refractivity (Wildman–Crippen MR) is 128 cm³/mol. The van der Waals surface area contributed by atoms with Crippen LogP contribution in [0.3, 0.4) is 0 Å². The fraction of sp³-hybridized carbons (Fsp3) is 0.417. The number of ketones is 2. The zero-order chi connectivity index (χ0) is 26.1. The van der Waals surface area contributed by atoms with E-state index < -0.39 is 58.0 Å². The summed E-state index contributed by atoms with van der Waals surface area (Å²) in [5, 5.41) is 44.5. The van der Waals surface area contributed by atoms with Crippen molar-refractivity contribution in [3.8, 4) is 5.75 Å². The van der Waals surface area contributed by atoms with Gasteiger partial charge in [-0.05, 0) is 51.2 Å². The summed E-state index contributed by atoms with van der Waals surface area (Å²) in [6.07, 6.45) is 0.230. The quantitative estimate of drug-likeness (QED) is 0.298. The van der Waals surface area contributed by atoms with E-state index in [9.17, 15) is 34.8 Å². The van der Waals surface area contributed by atoms with E-state index in [1.807, 2.05) is 0 Å². The smallest absolute Gasteiger partial charge is 0.255 e. The Morgan fingerprint density at radius 1 is 1.20 bits per heavy atom. The third-order valence-corrected chi connectivity index (χ3v) is 7.33. The van der Waals surface area contributed by atoms with E-state index in [4.69, 9.17) is 5.73 Å². The normalized spacial score (nSPS) is 28.0. The maximum atomic E-state index is 13.8. The molecule has 0 heterocycles. The Labute approximate surface area is 201 Å². The number of nitrogens with zero attached hydrogens (tertiary/aromatic N) is 3. The van der Waals surface area contributed by atoms with Crippen LogP contribution in [0.15, 0.2) is 28.0 Å². The highest BCUT2D eigenvalue weighted by molar-refractivity contribution is 6.24. The van der Waals surface area contributed by atoms with Crippen molar-refractivity contribution in [2.45, 2.75) is 24.5 Å². The number of aliphatic hydroxyl groups is 3. The van der Waals surface area contributed by atoms with Crippen LogP contribution in [-0.4, -0.2) is 89.4 Å². The summed E-state index contributed by atoms with van der Waals surface area (Å²) in [6, 6.07) is 0.488. The van der Waals surface area contributed by atoms with Gasteiger partial charge in [-0.25, -0.2) is 0 Å². The number of phenolic OH excluding ortho intramolecular Hbond substituents is 1. The molecular weight excluding hydrogens is 456 g/mol. The number of aliphatic hydroxyl groups excluding tert-OH is 2. The Bertz CT molecular complexity index is 1260. The number of nitrogens with two attached hydrogens (primary N) is 1. The van der Waals surface area contributed by atoms with Gasteiger partial charge in [0.1, 0.15) is 22.8 Å². The molecule has 1 aromatic rings. The maximum absolute atomic E-state index is 13.8. The lowest BCUT2D eigenvalue weighted by molar-refractivity contribution is -0.153. The van der Waals surface area contributed by atoms with Gasteiger partial charge in [0.05, 0.1) is 11.6 Å². The highest BCUT2D eigenvalue weighted by Crippen LogP contribution is 2.54. The third-order valence-electron chi connectivity index (χ3n) is 7.33. The summed E-state index contributed by atoms with van der Waals surface area (Å²) in [6.45, 7) is 3.44. The van der Waals surface area contributed by atoms with Gasteiger partial charge in [0, 0.05) is 31.3 Å². The van der Waals surface area contributed by atoms with Crippen LogP contribution in [0.4, 0.5) is 11.4 Å². The SMILES string of the molecule is C=Nc1cc(N(C)C)c2c(c1O)C(O)=C1C(=O)C3(O)C(O)=C(C(N)=O)C(=O)C(N(C)C)C3CC1C2. The molecule has 1 saturated carbocycles. The fourth-order valence-electron chi connectivity index (χ4n) is 5.80. The first kappa shape index (κ1) is 24.4. The predicted octanol–water partition coefficient (Wildman–Crippen LogP) is 0.362. The van der Waals surface area contributed by atoms with Crippen LogP contribution in [0.5, 0.6) is 5.75 Å². The van der Waals surface area contributed by atoms with Crippen molar-refractivity contribution in [2.75, 3.05) is 33.1 Å². The van der Waals surface area contributed by atoms with Gasteiger partial charge in [-0.2, -0.15) is 0 Å². The largest absolute Gasteiger partial charge is 0.508 e. The van der Waals surface area contributed by atoms with E-state index in [1.54, 1.807) is 39.2 Å². The summed E-state index contributed by atoms with van der Waals surface area (Å²) in [4.78, 5) is 46.0. The van der Waals surface area contributed by atoms with Crippen LogP contribution in [0.2, 0.25) is 0 Å². The van der Waals surface area contributed by atoms with Crippen molar-refractivity contribution in [1.29, 1.82) is 0 Å². The van der Waals surface area contributed by atoms with Crippen LogP contribution in [-0.2, 0) is 20.8 Å². The van der Waals surface area contributed by atoms with Gasteiger partial charge in [0.25, 0.3) is 5.91 Å². The van der Waals surface area contributed by atoms with Crippen molar-refractivity contribution in [2.24, 2.45) is 22.6 Å². The highest BCUT2D eigenvalue weighted by atomic mass is 16.3. The summed E-state index contributed by atoms with van der Waals surface area (Å²) < 4.78 is 0. The highest BCUT2D eigenvalue weighted by Gasteiger charge is 2.64. The number of rotatable bonds is 4. The molecule has 6 N–H and O–H groups in total. The molecule has 1 aromatic carbocycles. The molecule has 4 unspecified atom stereocenters. The average molecular weight is 485 g/mol. The lowest BCUT2D eigenvalue weighted by atomic mass is 9.57. The topological polar surface area (TPSA) is 177 Å². The van der Waals surface area contributed by atoms with Gasteiger partial charge in [-0.3, -0.25) is 24.3 Å². The number of anilines is 1. The number of carbonyl (C=O) groups is 3. The Kier molecular flexibility index (Phi) is 5.53. The van der Waals surface area contributed by atoms with E-state index in [2.05, 4.69) is 11.7 Å². The van der Waals surface area contributed by atoms with Crippen LogP contribution >= 0.6 is 0 Å². The van der Waals surface area contributed by atoms with Crippen LogP contribution in [0.1, 0.15) is 17.5 Å². The monoisotopic (exact) mass is 484 g/mol. The Morgan fingerprint density at radius 3 is 2.34 bits per heavy atom. The number of hydrogen-bond donors (Lipinski definition) is 5. The second-order valence-corrected chi connectivity index (χ2v) is 9.63. The maximum Gasteiger partial charge on any atom is 0.255 e. The summed E-state index contributed by atoms with van der Waals surface area (Å²) in [5.74, 6) is -6.94. The molecule has 11 nitrogen and oxygen atoms in total. The zero-order valence-electron chi connectivity index (χ0n) is 19.9. The lowest BCUT2D eigenvalue weighted by Gasteiger charge is -2.50. The molecule has 0 aromatic heterocycles. The number of fused-ring (bicyclic) bond motifs is 3. The lowest BCUT2D eigenvalue weighted by Crippen LogP contribution is -2.65. The van der Waals surface area contributed by atoms with Gasteiger partial charge in [-0.1, -0.05) is 0 Å². The second-order valence-electron chi connectivity index (χ2n) is 9.63. The van der Waals surface area contributed by atoms with Crippen LogP contribution in [0, 0.1) is 11.8 Å². The van der Waals surface area contributed by atoms with Gasteiger partial charge in [0.2, 0.25) is 5.78 Å². The zero-order valence-corrected chi connectivity index (χ0v) is 19.9. The van der Waals surface area contributed by atoms with Crippen molar-refractivity contribution in [1.82, 2.24) is 4.90 Å². The number of likely N-dealkylation sites (N-methyl/N-ethyl adjacent to an activating group) is 1. The van der Waals surface area contributed by atoms with Gasteiger partial charge in [-0.15, -0.1) is 0 Å². The molecule has 1 amide bonds.